The number of hydrogen-bond acceptors (Lipinski definition) is 3. The van der Waals surface area contributed by atoms with E-state index in [0.717, 1.165) is 11.3 Å². The van der Waals surface area contributed by atoms with Crippen LogP contribution in [0.4, 0.5) is 4.39 Å². The minimum Gasteiger partial charge on any atom is -0.489 e. The van der Waals surface area contributed by atoms with Crippen molar-refractivity contribution in [1.29, 1.82) is 0 Å². The molecule has 0 spiro atoms. The van der Waals surface area contributed by atoms with E-state index in [-0.39, 0.29) is 35.9 Å². The number of ether oxygens (including phenoxy) is 1. The summed E-state index contributed by atoms with van der Waals surface area (Å²) in [6.07, 6.45) is 3.65. The zero-order valence-electron chi connectivity index (χ0n) is 16.4. The average Bonchev–Trinajstić information content (AvgIpc) is 3.18. The highest BCUT2D eigenvalue weighted by molar-refractivity contribution is 14.0. The molecule has 0 bridgehead atoms. The molecule has 1 aromatic heterocycles. The molecule has 6 nitrogen and oxygen atoms in total. The van der Waals surface area contributed by atoms with Gasteiger partial charge in [0.2, 0.25) is 0 Å². The Morgan fingerprint density at radius 1 is 1.17 bits per heavy atom. The second-order valence-corrected chi connectivity index (χ2v) is 6.32. The van der Waals surface area contributed by atoms with Gasteiger partial charge in [-0.2, -0.15) is 5.10 Å². The second-order valence-electron chi connectivity index (χ2n) is 6.32. The molecule has 29 heavy (non-hydrogen) atoms. The van der Waals surface area contributed by atoms with E-state index in [0.29, 0.717) is 24.8 Å². The Morgan fingerprint density at radius 3 is 2.69 bits per heavy atom. The molecule has 3 aromatic rings. The lowest BCUT2D eigenvalue weighted by Gasteiger charge is -2.17. The van der Waals surface area contributed by atoms with Crippen molar-refractivity contribution in [2.24, 2.45) is 4.99 Å². The van der Waals surface area contributed by atoms with Crippen LogP contribution in [0.15, 0.2) is 72.0 Å². The van der Waals surface area contributed by atoms with Gasteiger partial charge in [0.25, 0.3) is 0 Å². The Bertz CT molecular complexity index is 916. The molecule has 1 unspecified atom stereocenters. The lowest BCUT2D eigenvalue weighted by molar-refractivity contribution is 0.223. The number of nitrogens with zero attached hydrogens (tertiary/aromatic N) is 3. The molecule has 0 radical (unpaired) electrons. The molecule has 1 heterocycles. The van der Waals surface area contributed by atoms with Gasteiger partial charge < -0.3 is 15.4 Å². The molecule has 154 valence electrons. The summed E-state index contributed by atoms with van der Waals surface area (Å²) in [7, 11) is 1.71. The fourth-order valence-corrected chi connectivity index (χ4v) is 2.63. The van der Waals surface area contributed by atoms with Crippen molar-refractivity contribution < 1.29 is 9.13 Å². The lowest BCUT2D eigenvalue weighted by Crippen LogP contribution is -2.41. The highest BCUT2D eigenvalue weighted by Crippen LogP contribution is 2.13. The van der Waals surface area contributed by atoms with Crippen LogP contribution in [0, 0.1) is 5.82 Å². The van der Waals surface area contributed by atoms with Crippen LogP contribution in [-0.4, -0.2) is 35.4 Å². The van der Waals surface area contributed by atoms with Gasteiger partial charge in [-0.15, -0.1) is 24.0 Å². The summed E-state index contributed by atoms with van der Waals surface area (Å²) < 4.78 is 20.8. The zero-order valence-corrected chi connectivity index (χ0v) is 18.7. The molecule has 3 rings (SSSR count). The highest BCUT2D eigenvalue weighted by atomic mass is 127. The number of aromatic nitrogens is 2. The van der Waals surface area contributed by atoms with Gasteiger partial charge in [-0.05, 0) is 31.2 Å². The molecule has 0 saturated carbocycles. The van der Waals surface area contributed by atoms with E-state index < -0.39 is 0 Å². The van der Waals surface area contributed by atoms with Crippen molar-refractivity contribution in [1.82, 2.24) is 20.4 Å². The molecular weight excluding hydrogens is 484 g/mol. The molecule has 0 amide bonds. The van der Waals surface area contributed by atoms with E-state index in [2.05, 4.69) is 20.7 Å². The summed E-state index contributed by atoms with van der Waals surface area (Å²) in [4.78, 5) is 4.21. The van der Waals surface area contributed by atoms with Gasteiger partial charge in [-0.1, -0.05) is 24.3 Å². The van der Waals surface area contributed by atoms with Gasteiger partial charge >= 0.3 is 0 Å². The number of guanidine groups is 1. The number of aliphatic imine (C=N–C) groups is 1. The normalized spacial score (nSPS) is 12.0. The zero-order chi connectivity index (χ0) is 19.8. The topological polar surface area (TPSA) is 63.5 Å². The Kier molecular flexibility index (Phi) is 8.91. The van der Waals surface area contributed by atoms with Crippen LogP contribution in [0.5, 0.6) is 5.75 Å². The number of benzene rings is 2. The monoisotopic (exact) mass is 509 g/mol. The lowest BCUT2D eigenvalue weighted by atomic mass is 10.3. The molecule has 2 N–H and O–H groups in total. The Morgan fingerprint density at radius 2 is 1.97 bits per heavy atom. The van der Waals surface area contributed by atoms with Gasteiger partial charge in [-0.25, -0.2) is 9.07 Å². The molecule has 0 aliphatic heterocycles. The SMILES string of the molecule is CN=C(NCc1cnn(-c2ccccc2)c1)NCC(C)Oc1cccc(F)c1.I. The fourth-order valence-electron chi connectivity index (χ4n) is 2.63. The summed E-state index contributed by atoms with van der Waals surface area (Å²) in [6.45, 7) is 3.03. The van der Waals surface area contributed by atoms with Crippen LogP contribution < -0.4 is 15.4 Å². The third-order valence-corrected chi connectivity index (χ3v) is 4.03. The first-order chi connectivity index (χ1) is 13.6. The van der Waals surface area contributed by atoms with E-state index in [1.54, 1.807) is 19.2 Å². The van der Waals surface area contributed by atoms with Crippen LogP contribution >= 0.6 is 24.0 Å². The smallest absolute Gasteiger partial charge is 0.191 e. The van der Waals surface area contributed by atoms with E-state index >= 15 is 0 Å². The highest BCUT2D eigenvalue weighted by Gasteiger charge is 2.07. The van der Waals surface area contributed by atoms with Crippen molar-refractivity contribution in [3.05, 3.63) is 78.4 Å². The van der Waals surface area contributed by atoms with Gasteiger partial charge in [0.1, 0.15) is 17.7 Å². The molecule has 0 saturated heterocycles. The Labute approximate surface area is 187 Å². The van der Waals surface area contributed by atoms with E-state index in [1.165, 1.54) is 12.1 Å². The van der Waals surface area contributed by atoms with Crippen LogP contribution in [0.3, 0.4) is 0 Å². The summed E-state index contributed by atoms with van der Waals surface area (Å²) >= 11 is 0. The summed E-state index contributed by atoms with van der Waals surface area (Å²) in [5, 5.41) is 10.8. The summed E-state index contributed by atoms with van der Waals surface area (Å²) in [6, 6.07) is 16.1. The molecule has 0 fully saturated rings. The fraction of sp³-hybridized carbons (Fsp3) is 0.238. The third-order valence-electron chi connectivity index (χ3n) is 4.03. The number of hydrogen-bond donors (Lipinski definition) is 2. The standard InChI is InChI=1S/C21H24FN5O.HI/c1-16(28-20-10-6-7-18(22)11-20)12-24-21(23-2)25-13-17-14-26-27(15-17)19-8-4-3-5-9-19;/h3-11,14-16H,12-13H2,1-2H3,(H2,23,24,25);1H. The maximum absolute atomic E-state index is 13.2. The van der Waals surface area contributed by atoms with Crippen molar-refractivity contribution in [3.63, 3.8) is 0 Å². The van der Waals surface area contributed by atoms with Crippen molar-refractivity contribution in [2.75, 3.05) is 13.6 Å². The number of para-hydroxylation sites is 1. The summed E-state index contributed by atoms with van der Waals surface area (Å²) in [5.74, 6) is 0.846. The number of rotatable bonds is 7. The number of halogens is 2. The van der Waals surface area contributed by atoms with Crippen molar-refractivity contribution in [2.45, 2.75) is 19.6 Å². The van der Waals surface area contributed by atoms with Gasteiger partial charge in [0.05, 0.1) is 18.4 Å². The molecule has 2 aromatic carbocycles. The van der Waals surface area contributed by atoms with E-state index in [4.69, 9.17) is 4.74 Å². The third kappa shape index (κ3) is 7.04. The molecule has 1 atom stereocenters. The first-order valence-corrected chi connectivity index (χ1v) is 9.10. The molecule has 0 aliphatic carbocycles. The van der Waals surface area contributed by atoms with Gasteiger partial charge in [0, 0.05) is 31.4 Å². The molecular formula is C21H25FIN5O. The first-order valence-electron chi connectivity index (χ1n) is 9.10. The van der Waals surface area contributed by atoms with Crippen molar-refractivity contribution >= 4 is 29.9 Å². The quantitative estimate of drug-likeness (QED) is 0.289. The average molecular weight is 509 g/mol. The second kappa shape index (κ2) is 11.4. The minimum atomic E-state index is -0.314. The predicted molar refractivity (Wildman–Crippen MR) is 124 cm³/mol. The maximum Gasteiger partial charge on any atom is 0.191 e. The molecule has 0 aliphatic rings. The molecule has 8 heteroatoms. The van der Waals surface area contributed by atoms with E-state index in [1.807, 2.05) is 54.3 Å². The Balaban J connectivity index is 0.00000300. The van der Waals surface area contributed by atoms with E-state index in [9.17, 15) is 4.39 Å². The Hall–Kier alpha value is -2.62. The van der Waals surface area contributed by atoms with Gasteiger partial charge in [0.15, 0.2) is 5.96 Å². The first kappa shape index (κ1) is 22.7. The van der Waals surface area contributed by atoms with Crippen LogP contribution in [-0.2, 0) is 6.54 Å². The number of nitrogens with one attached hydrogen (secondary N) is 2. The van der Waals surface area contributed by atoms with Gasteiger partial charge in [-0.3, -0.25) is 4.99 Å². The largest absolute Gasteiger partial charge is 0.489 e. The summed E-state index contributed by atoms with van der Waals surface area (Å²) in [5.41, 5.74) is 2.05. The van der Waals surface area contributed by atoms with Crippen molar-refractivity contribution in [3.8, 4) is 11.4 Å². The minimum absolute atomic E-state index is 0. The van der Waals surface area contributed by atoms with Crippen LogP contribution in [0.25, 0.3) is 5.69 Å². The predicted octanol–water partition coefficient (Wildman–Crippen LogP) is 3.76. The maximum atomic E-state index is 13.2. The van der Waals surface area contributed by atoms with Crippen LogP contribution in [0.1, 0.15) is 12.5 Å². The van der Waals surface area contributed by atoms with Crippen LogP contribution in [0.2, 0.25) is 0 Å².